The molecule has 2 aliphatic rings. The number of hydrogen-bond acceptors (Lipinski definition) is 4. The number of aromatic nitrogens is 1. The van der Waals surface area contributed by atoms with E-state index in [0.29, 0.717) is 25.9 Å². The fourth-order valence-electron chi connectivity index (χ4n) is 4.01. The largest absolute Gasteiger partial charge is 0.477 e. The first-order chi connectivity index (χ1) is 13.8. The van der Waals surface area contributed by atoms with Gasteiger partial charge in [0, 0.05) is 25.3 Å². The van der Waals surface area contributed by atoms with E-state index in [0.717, 1.165) is 24.1 Å². The molecule has 2 heterocycles. The number of carbonyl (C=O) groups is 1. The molecular weight excluding hydrogens is 405 g/mol. The van der Waals surface area contributed by atoms with E-state index < -0.39 is 45.5 Å². The van der Waals surface area contributed by atoms with Gasteiger partial charge in [0.2, 0.25) is 5.43 Å². The second kappa shape index (κ2) is 7.59. The summed E-state index contributed by atoms with van der Waals surface area (Å²) < 4.78 is 46.7. The highest BCUT2D eigenvalue weighted by Gasteiger charge is 2.35. The molecule has 156 valence electrons. The normalized spacial score (nSPS) is 19.3. The van der Waals surface area contributed by atoms with Gasteiger partial charge in [0.15, 0.2) is 17.5 Å². The van der Waals surface area contributed by atoms with Crippen molar-refractivity contribution in [1.29, 1.82) is 0 Å². The van der Waals surface area contributed by atoms with Gasteiger partial charge in [0.05, 0.1) is 10.9 Å². The van der Waals surface area contributed by atoms with Crippen LogP contribution in [-0.2, 0) is 0 Å². The van der Waals surface area contributed by atoms with E-state index in [9.17, 15) is 23.5 Å². The van der Waals surface area contributed by atoms with Gasteiger partial charge >= 0.3 is 5.97 Å². The average molecular weight is 426 g/mol. The minimum absolute atomic E-state index is 0.226. The first-order valence-electron chi connectivity index (χ1n) is 9.66. The van der Waals surface area contributed by atoms with Gasteiger partial charge in [-0.1, -0.05) is 6.92 Å². The van der Waals surface area contributed by atoms with Gasteiger partial charge in [0.1, 0.15) is 11.3 Å². The third-order valence-corrected chi connectivity index (χ3v) is 6.72. The van der Waals surface area contributed by atoms with Crippen LogP contribution in [0.3, 0.4) is 0 Å². The Morgan fingerprint density at radius 1 is 1.21 bits per heavy atom. The van der Waals surface area contributed by atoms with Crippen LogP contribution >= 0.6 is 11.8 Å². The molecular formula is C20H21F3N2O3S. The maximum absolute atomic E-state index is 15.5. The summed E-state index contributed by atoms with van der Waals surface area (Å²) in [7, 11) is 0. The predicted octanol–water partition coefficient (Wildman–Crippen LogP) is 4.03. The van der Waals surface area contributed by atoms with Gasteiger partial charge in [-0.2, -0.15) is 11.8 Å². The van der Waals surface area contributed by atoms with Crippen molar-refractivity contribution in [2.24, 2.45) is 5.92 Å². The zero-order chi connectivity index (χ0) is 20.9. The van der Waals surface area contributed by atoms with Gasteiger partial charge in [-0.3, -0.25) is 4.79 Å². The lowest BCUT2D eigenvalue weighted by atomic mass is 10.1. The summed E-state index contributed by atoms with van der Waals surface area (Å²) in [5, 5.41) is 8.45. The molecule has 0 radical (unpaired) electrons. The van der Waals surface area contributed by atoms with Crippen LogP contribution in [0.25, 0.3) is 10.9 Å². The molecule has 1 unspecified atom stereocenters. The van der Waals surface area contributed by atoms with Crippen molar-refractivity contribution in [2.45, 2.75) is 32.2 Å². The topological polar surface area (TPSA) is 62.5 Å². The smallest absolute Gasteiger partial charge is 0.341 e. The number of aromatic carboxylic acids is 1. The number of pyridine rings is 1. The van der Waals surface area contributed by atoms with E-state index >= 15 is 4.39 Å². The average Bonchev–Trinajstić information content (AvgIpc) is 3.43. The lowest BCUT2D eigenvalue weighted by Gasteiger charge is -2.23. The molecule has 0 amide bonds. The number of halogens is 3. The Kier molecular flexibility index (Phi) is 5.27. The molecule has 1 atom stereocenters. The number of nitrogens with zero attached hydrogens (tertiary/aromatic N) is 2. The van der Waals surface area contributed by atoms with E-state index in [-0.39, 0.29) is 17.5 Å². The highest BCUT2D eigenvalue weighted by atomic mass is 32.2. The molecule has 4 rings (SSSR count). The summed E-state index contributed by atoms with van der Waals surface area (Å²) in [6.07, 6.45) is 3.12. The van der Waals surface area contributed by atoms with Crippen LogP contribution in [0.2, 0.25) is 0 Å². The monoisotopic (exact) mass is 426 g/mol. The van der Waals surface area contributed by atoms with Crippen molar-refractivity contribution in [3.05, 3.63) is 39.4 Å². The second-order valence-electron chi connectivity index (χ2n) is 7.59. The molecule has 29 heavy (non-hydrogen) atoms. The molecule has 5 nitrogen and oxygen atoms in total. The fraction of sp³-hybridized carbons (Fsp3) is 0.500. The van der Waals surface area contributed by atoms with Crippen LogP contribution < -0.4 is 10.3 Å². The zero-order valence-electron chi connectivity index (χ0n) is 15.9. The summed E-state index contributed by atoms with van der Waals surface area (Å²) >= 11 is 1.75. The lowest BCUT2D eigenvalue weighted by molar-refractivity contribution is 0.0694. The Labute approximate surface area is 169 Å². The van der Waals surface area contributed by atoms with Crippen molar-refractivity contribution in [3.63, 3.8) is 0 Å². The van der Waals surface area contributed by atoms with E-state index in [2.05, 4.69) is 0 Å². The van der Waals surface area contributed by atoms with Crippen LogP contribution in [0, 0.1) is 23.4 Å². The van der Waals surface area contributed by atoms with Crippen LogP contribution in [-0.4, -0.2) is 40.2 Å². The Morgan fingerprint density at radius 2 is 1.93 bits per heavy atom. The quantitative estimate of drug-likeness (QED) is 0.707. The van der Waals surface area contributed by atoms with Crippen molar-refractivity contribution < 1.29 is 23.1 Å². The summed E-state index contributed by atoms with van der Waals surface area (Å²) in [5.74, 6) is -3.40. The summed E-state index contributed by atoms with van der Waals surface area (Å²) in [5.41, 5.74) is -2.70. The third-order valence-electron chi connectivity index (χ3n) is 5.60. The number of rotatable bonds is 6. The molecule has 9 heteroatoms. The van der Waals surface area contributed by atoms with Gasteiger partial charge < -0.3 is 14.6 Å². The van der Waals surface area contributed by atoms with Crippen LogP contribution in [0.4, 0.5) is 18.9 Å². The lowest BCUT2D eigenvalue weighted by Crippen LogP contribution is -2.26. The molecule has 1 aromatic carbocycles. The highest BCUT2D eigenvalue weighted by molar-refractivity contribution is 7.99. The molecule has 1 saturated heterocycles. The number of carboxylic acids is 1. The van der Waals surface area contributed by atoms with Gasteiger partial charge in [-0.05, 0) is 36.7 Å². The first kappa shape index (κ1) is 20.1. The molecule has 2 fully saturated rings. The van der Waals surface area contributed by atoms with E-state index in [1.54, 1.807) is 11.8 Å². The Morgan fingerprint density at radius 3 is 2.55 bits per heavy atom. The minimum Gasteiger partial charge on any atom is -0.477 e. The fourth-order valence-corrected chi connectivity index (χ4v) is 4.85. The van der Waals surface area contributed by atoms with Crippen molar-refractivity contribution >= 4 is 34.3 Å². The molecule has 0 bridgehead atoms. The van der Waals surface area contributed by atoms with Crippen molar-refractivity contribution in [1.82, 2.24) is 4.57 Å². The summed E-state index contributed by atoms with van der Waals surface area (Å²) in [4.78, 5) is 25.4. The van der Waals surface area contributed by atoms with Crippen LogP contribution in [0.1, 0.15) is 42.6 Å². The first-order valence-corrected chi connectivity index (χ1v) is 10.8. The van der Waals surface area contributed by atoms with Crippen LogP contribution in [0.15, 0.2) is 11.0 Å². The van der Waals surface area contributed by atoms with Gasteiger partial charge in [-0.15, -0.1) is 0 Å². The maximum Gasteiger partial charge on any atom is 0.341 e. The molecule has 2 aromatic rings. The van der Waals surface area contributed by atoms with Crippen molar-refractivity contribution in [2.75, 3.05) is 29.5 Å². The molecule has 0 spiro atoms. The number of fused-ring (bicyclic) bond motifs is 1. The van der Waals surface area contributed by atoms with E-state index in [4.69, 9.17) is 0 Å². The number of thioether (sulfide) groups is 1. The minimum atomic E-state index is -1.55. The standard InChI is InChI=1S/C20H21F3N2O3S/c1-2-29-9-10-5-6-24(7-10)18-15(22)14(21)13-17(16(18)23)25(11-3-4-11)8-12(19(13)26)20(27)28/h8,10-11H,2-7,9H2,1H3,(H,27,28). The SMILES string of the molecule is CCSCC1CCN(c2c(F)c(F)c3c(=O)c(C(=O)O)cn(C4CC4)c3c2F)C1. The number of anilines is 1. The molecule has 1 aliphatic carbocycles. The number of carboxylic acid groups (broad SMARTS) is 1. The summed E-state index contributed by atoms with van der Waals surface area (Å²) in [6.45, 7) is 2.85. The van der Waals surface area contributed by atoms with E-state index in [1.807, 2.05) is 6.92 Å². The Balaban J connectivity index is 1.90. The Bertz CT molecular complexity index is 1050. The number of hydrogen-bond donors (Lipinski definition) is 1. The zero-order valence-corrected chi connectivity index (χ0v) is 16.7. The molecule has 1 aliphatic heterocycles. The summed E-state index contributed by atoms with van der Waals surface area (Å²) in [6, 6.07) is -0.226. The van der Waals surface area contributed by atoms with E-state index in [1.165, 1.54) is 9.47 Å². The molecule has 1 aromatic heterocycles. The highest BCUT2D eigenvalue weighted by Crippen LogP contribution is 2.41. The third kappa shape index (κ3) is 3.39. The molecule has 1 N–H and O–H groups in total. The Hall–Kier alpha value is -2.16. The predicted molar refractivity (Wildman–Crippen MR) is 107 cm³/mol. The van der Waals surface area contributed by atoms with Crippen molar-refractivity contribution in [3.8, 4) is 0 Å². The molecule has 1 saturated carbocycles. The number of benzene rings is 1. The van der Waals surface area contributed by atoms with Gasteiger partial charge in [-0.25, -0.2) is 18.0 Å². The van der Waals surface area contributed by atoms with Crippen LogP contribution in [0.5, 0.6) is 0 Å². The maximum atomic E-state index is 15.5. The van der Waals surface area contributed by atoms with Gasteiger partial charge in [0.25, 0.3) is 0 Å². The second-order valence-corrected chi connectivity index (χ2v) is 8.91.